The van der Waals surface area contributed by atoms with Crippen molar-refractivity contribution in [1.82, 2.24) is 18.3 Å². The van der Waals surface area contributed by atoms with Crippen molar-refractivity contribution in [2.45, 2.75) is 157 Å². The smallest absolute Gasteiger partial charge is 0.324 e. The molecule has 0 unspecified atom stereocenters. The molecule has 28 heteroatoms. The number of anilines is 1. The number of para-hydroxylation sites is 1. The minimum atomic E-state index is -0.355. The van der Waals surface area contributed by atoms with Crippen molar-refractivity contribution in [1.29, 1.82) is 10.5 Å². The highest BCUT2D eigenvalue weighted by atomic mass is 32.2. The van der Waals surface area contributed by atoms with Crippen LogP contribution in [0.1, 0.15) is 79.6 Å². The summed E-state index contributed by atoms with van der Waals surface area (Å²) < 4.78 is 62.7. The molecule has 8 aliphatic heterocycles. The van der Waals surface area contributed by atoms with Gasteiger partial charge in [-0.25, -0.2) is 8.78 Å². The molecule has 13 aromatic carbocycles. The standard InChI is InChI=1S/C23H20BNOS.C20H19BN2OS.C19H17BN2OS.C17H16BNO.C16H16BFO.C9H9BO3.C8H9BFNO/c1-16-7-10-22-20(13-16)23(27-19-5-3-2-4-6-19)15-25(22)18-9-8-17-11-12-24(26)21(17)14-18;1-14-3-6-19-17(11-14)20(25-10-2-9-22)13-23(19)16-5-4-15-7-8-21(24)18(15)12-16;21-10-3-11-24-19-13-22(18-5-2-1-4-16(18)19)15-7-6-14-8-9-20(23)17(14)12-15;1-12-2-5-17-14(10-12)7-9-19(17)15-4-3-13-6-8-18(20)16(13)11-15;1-17-15-9-13(16(18)10-14(15)11-19-17)8-7-12-5-3-2-4-6-12;1-10-7-3-9-8(11-5-12-9)2-6(7)4-13-10;1-9-6-3-8(11)7(10)2-5(6)4-12-9/h2-10,13-15,26H,11-12H2,1H3;3-6,11-13,24H,2,7-8,10H2,1H3;1-2,4-7,12-13,23H,3,8-9,11H2;2-5,7,9-11,20H,6,8H2,1H3;2-6,9-10H,7-8,11H2,1H3;2-3H,4-5H2,1H3;2-3H,4,11H2,1H3. The third kappa shape index (κ3) is 21.3. The number of thioether (sulfide) groups is 2. The summed E-state index contributed by atoms with van der Waals surface area (Å²) in [7, 11) is 0. The number of hydrogen-bond donors (Lipinski definition) is 5. The SMILES string of the molecule is CB1OCc2cc(F)c(CCc3ccccc3)cc21.CB1OCc2cc(F)c(N)cc21.CB1OCc2cc3c(cc21)OCO3.Cc1ccc2c(c1)c(SCCC#N)cn2-c1ccc2c(c1)B(O)CC2.Cc1ccc2c(c1)c(Sc1ccccc1)cn2-c1ccc2c(c1)B(O)CC2.Cc1ccc2c(ccn2-c2ccc3c(c2)B(O)CC3)c1.N#CCCSc1cn(-c2ccc3c(c2)B(O)CC3)c2ccccc12. The Morgan fingerprint density at radius 1 is 0.386 bits per heavy atom. The van der Waals surface area contributed by atoms with E-state index in [9.17, 15) is 28.9 Å². The van der Waals surface area contributed by atoms with Crippen molar-refractivity contribution in [3.05, 3.63) is 358 Å². The van der Waals surface area contributed by atoms with Gasteiger partial charge in [0, 0.05) is 113 Å². The van der Waals surface area contributed by atoms with E-state index in [0.717, 1.165) is 170 Å². The minimum absolute atomic E-state index is 0.0444. The van der Waals surface area contributed by atoms with Crippen LogP contribution in [0.5, 0.6) is 11.5 Å². The molecule has 0 aliphatic carbocycles. The summed E-state index contributed by atoms with van der Waals surface area (Å²) in [4.78, 5) is 4.89. The summed E-state index contributed by atoms with van der Waals surface area (Å²) in [5.41, 5.74) is 36.4. The molecule has 12 heterocycles. The number of nitriles is 2. The van der Waals surface area contributed by atoms with Gasteiger partial charge in [-0.2, -0.15) is 10.5 Å². The van der Waals surface area contributed by atoms with Gasteiger partial charge < -0.3 is 67.5 Å². The summed E-state index contributed by atoms with van der Waals surface area (Å²) in [5.74, 6) is 2.83. The Balaban J connectivity index is 0.000000106. The van der Waals surface area contributed by atoms with Crippen LogP contribution in [0.4, 0.5) is 14.5 Å². The van der Waals surface area contributed by atoms with Crippen LogP contribution in [0, 0.1) is 55.1 Å². The number of rotatable bonds is 15. The molecule has 6 N–H and O–H groups in total. The van der Waals surface area contributed by atoms with Crippen LogP contribution in [-0.2, 0) is 72.3 Å². The Labute approximate surface area is 832 Å². The highest BCUT2D eigenvalue weighted by Gasteiger charge is 2.33. The fraction of sp³-hybridized carbons (Fsp3) is 0.214. The van der Waals surface area contributed by atoms with Crippen LogP contribution >= 0.6 is 35.3 Å². The molecule has 0 atom stereocenters. The second kappa shape index (κ2) is 43.3. The van der Waals surface area contributed by atoms with Gasteiger partial charge in [0.05, 0.1) is 59.7 Å². The van der Waals surface area contributed by atoms with E-state index in [0.29, 0.717) is 39.5 Å². The molecule has 0 radical (unpaired) electrons. The van der Waals surface area contributed by atoms with Crippen LogP contribution < -0.4 is 53.4 Å². The normalized spacial score (nSPS) is 14.0. The number of ether oxygens (including phenoxy) is 2. The van der Waals surface area contributed by atoms with Crippen molar-refractivity contribution in [3.8, 4) is 46.4 Å². The molecule has 16 nitrogen and oxygen atoms in total. The number of nitrogens with two attached hydrogens (primary N) is 1. The Hall–Kier alpha value is -12.5. The third-order valence-electron chi connectivity index (χ3n) is 27.6. The number of halogens is 2. The Bertz CT molecular complexity index is 7560. The average molecular weight is 1900 g/mol. The lowest BCUT2D eigenvalue weighted by Gasteiger charge is -2.09. The highest BCUT2D eigenvalue weighted by molar-refractivity contribution is 8.00. The fourth-order valence-electron chi connectivity index (χ4n) is 20.0. The van der Waals surface area contributed by atoms with Gasteiger partial charge in [-0.1, -0.05) is 186 Å². The maximum Gasteiger partial charge on any atom is 0.324 e. The summed E-state index contributed by atoms with van der Waals surface area (Å²) in [6, 6.07) is 91.7. The van der Waals surface area contributed by atoms with Crippen molar-refractivity contribution in [2.75, 3.05) is 24.0 Å². The lowest BCUT2D eigenvalue weighted by molar-refractivity contribution is 0.174. The summed E-state index contributed by atoms with van der Waals surface area (Å²) >= 11 is 5.25. The quantitative estimate of drug-likeness (QED) is 0.0279. The molecule has 0 spiro atoms. The van der Waals surface area contributed by atoms with Crippen molar-refractivity contribution in [2.24, 2.45) is 0 Å². The Morgan fingerprint density at radius 3 is 1.31 bits per heavy atom. The lowest BCUT2D eigenvalue weighted by Crippen LogP contribution is -2.26. The average Bonchev–Trinajstić information content (AvgIpc) is 1.60. The molecule has 140 heavy (non-hydrogen) atoms. The maximum absolute atomic E-state index is 14.0. The lowest BCUT2D eigenvalue weighted by atomic mass is 9.63. The van der Waals surface area contributed by atoms with Gasteiger partial charge in [-0.3, -0.25) is 0 Å². The molecule has 25 rings (SSSR count). The van der Waals surface area contributed by atoms with Crippen LogP contribution in [0.25, 0.3) is 66.4 Å². The van der Waals surface area contributed by atoms with Gasteiger partial charge in [-0.05, 0) is 290 Å². The Morgan fingerprint density at radius 2 is 0.800 bits per heavy atom. The zero-order valence-corrected chi connectivity index (χ0v) is 81.8. The van der Waals surface area contributed by atoms with E-state index in [1.54, 1.807) is 47.4 Å². The van der Waals surface area contributed by atoms with Gasteiger partial charge >= 0.3 is 48.4 Å². The second-order valence-corrected chi connectivity index (χ2v) is 40.4. The summed E-state index contributed by atoms with van der Waals surface area (Å²) in [5, 5.41) is 63.2. The number of nitrogens with zero attached hydrogens (tertiary/aromatic N) is 6. The molecule has 0 bridgehead atoms. The van der Waals surface area contributed by atoms with E-state index in [-0.39, 0.29) is 65.7 Å². The first kappa shape index (κ1) is 96.4. The molecule has 4 aromatic heterocycles. The maximum atomic E-state index is 14.0. The molecule has 0 saturated carbocycles. The zero-order valence-electron chi connectivity index (χ0n) is 79.4. The number of benzene rings is 13. The number of aryl methyl sites for hydroxylation is 9. The van der Waals surface area contributed by atoms with Crippen LogP contribution in [0.15, 0.2) is 299 Å². The number of hydrogen-bond acceptors (Lipinski definition) is 15. The predicted octanol–water partition coefficient (Wildman–Crippen LogP) is 19.1. The topological polar surface area (TPSA) is 220 Å². The molecule has 8 aliphatic rings. The van der Waals surface area contributed by atoms with E-state index < -0.39 is 0 Å². The summed E-state index contributed by atoms with van der Waals surface area (Å²) in [6.45, 7) is 13.4. The van der Waals surface area contributed by atoms with Crippen molar-refractivity contribution >= 4 is 171 Å². The monoisotopic (exact) mass is 1900 g/mol. The van der Waals surface area contributed by atoms with Crippen LogP contribution in [0.2, 0.25) is 45.7 Å². The van der Waals surface area contributed by atoms with Gasteiger partial charge in [0.25, 0.3) is 0 Å². The third-order valence-corrected chi connectivity index (χ3v) is 30.7. The molecule has 696 valence electrons. The molecule has 0 saturated heterocycles. The largest absolute Gasteiger partial charge is 0.454 e. The fourth-order valence-corrected chi connectivity index (χ4v) is 22.8. The second-order valence-electron chi connectivity index (χ2n) is 37.0. The minimum Gasteiger partial charge on any atom is -0.454 e. The first-order valence-corrected chi connectivity index (χ1v) is 51.0. The van der Waals surface area contributed by atoms with Gasteiger partial charge in [0.2, 0.25) is 6.79 Å². The molecular weight excluding hydrogens is 1800 g/mol. The molecule has 0 amide bonds. The van der Waals surface area contributed by atoms with Gasteiger partial charge in [0.1, 0.15) is 11.6 Å². The highest BCUT2D eigenvalue weighted by Crippen LogP contribution is 2.41. The van der Waals surface area contributed by atoms with E-state index in [1.165, 1.54) is 114 Å². The van der Waals surface area contributed by atoms with Gasteiger partial charge in [-0.15, -0.1) is 23.5 Å². The molecular formula is C112H106B7F2N7O9S3. The van der Waals surface area contributed by atoms with Crippen LogP contribution in [0.3, 0.4) is 0 Å². The van der Waals surface area contributed by atoms with Crippen LogP contribution in [-0.4, -0.2) is 105 Å². The summed E-state index contributed by atoms with van der Waals surface area (Å²) in [6.07, 6.45) is 18.5. The predicted molar refractivity (Wildman–Crippen MR) is 576 cm³/mol. The van der Waals surface area contributed by atoms with Gasteiger partial charge in [0.15, 0.2) is 11.5 Å². The van der Waals surface area contributed by atoms with Crippen molar-refractivity contribution in [3.63, 3.8) is 0 Å². The van der Waals surface area contributed by atoms with E-state index in [1.807, 2.05) is 75.1 Å². The Kier molecular flexibility index (Phi) is 29.8. The van der Waals surface area contributed by atoms with E-state index in [2.05, 4.69) is 258 Å². The number of nitrogen functional groups attached to an aromatic ring is 1. The van der Waals surface area contributed by atoms with E-state index >= 15 is 0 Å². The van der Waals surface area contributed by atoms with E-state index in [4.69, 9.17) is 39.7 Å². The first-order valence-electron chi connectivity index (χ1n) is 48.2. The number of aromatic nitrogens is 4. The zero-order chi connectivity index (χ0) is 96.8. The molecule has 0 fully saturated rings. The number of fused-ring (bicyclic) bond motifs is 12. The molecule has 17 aromatic rings. The first-order chi connectivity index (χ1) is 68.1. The van der Waals surface area contributed by atoms with Crippen molar-refractivity contribution < 1.29 is 52.3 Å².